The number of benzene rings is 6. The standard InChI is InChI=1S/C37H38ClFN8O3.C37H39ClFN7O3.C37H39ClFN7O2/c1-9-26(48)45-15-25-36(49)44(8)35-33(46(25)14-20(45)7)21-12-23(39)28(27-19(6)10-11-24-22(27)13-42-43-24)29(38)32(21)47(37(35)50)34-30(17(2)3)40-16-41-31(34)18(4)5;1-8-27(47)44-16-22-11-12-49-36-34(45(22)15-21(44)7)23-13-25(39)29(28-20(6)9-10-26-24(28)14-42-43-26)30(38)33(23)46(37(36)48)35-31(18(2)3)40-17-41-32(35)19(4)5;1-8-28(47)44-16-22-10-11-23-34(45(22)15-21(44)7)24-13-26(39)30(29-20(6)9-12-27-25(29)14-42-43-27)31(38)35(24)46(37(23)48)36-32(18(2)3)40-17-41-33(36)19(4)5/h9-13,16-18,20,25H,1,14-15H2,2-8H3,(H,42,43);8-10,13-14,17-19,21-22H,1,11-12,15-16H2,2-7H3,(H,42,43);8-9,12-14,17-19,21-22H,1,10-11,15-16H2,2-7H3,(H,42,43). The third-order valence-corrected chi connectivity index (χ3v) is 31.0. The number of halogens is 6. The van der Waals surface area contributed by atoms with Crippen molar-refractivity contribution in [1.82, 2.24) is 88.9 Å². The number of carbonyl (C=O) groups excluding carboxylic acids is 4. The zero-order valence-corrected chi connectivity index (χ0v) is 87.8. The first kappa shape index (κ1) is 101. The van der Waals surface area contributed by atoms with Gasteiger partial charge in [-0.05, 0) is 161 Å². The number of aromatic nitrogens is 15. The molecule has 4 amide bonds. The van der Waals surface area contributed by atoms with Crippen LogP contribution in [0.5, 0.6) is 5.75 Å². The predicted molar refractivity (Wildman–Crippen MR) is 574 cm³/mol. The molecular weight excluding hydrogens is 1930 g/mol. The molecule has 9 aromatic heterocycles. The van der Waals surface area contributed by atoms with E-state index in [1.165, 1.54) is 65.6 Å². The summed E-state index contributed by atoms with van der Waals surface area (Å²) in [5.41, 5.74) is 14.4. The molecule has 6 aliphatic rings. The van der Waals surface area contributed by atoms with Crippen LogP contribution in [0.4, 0.5) is 35.9 Å². The highest BCUT2D eigenvalue weighted by atomic mass is 35.5. The minimum Gasteiger partial charge on any atom is -0.486 e. The lowest BCUT2D eigenvalue weighted by atomic mass is 9.89. The molecule has 36 heteroatoms. The number of pyridine rings is 3. The highest BCUT2D eigenvalue weighted by molar-refractivity contribution is 6.41. The SMILES string of the molecule is C=CC(=O)N1CC2C(=O)N(C)c3c(c4cc(F)c(-c5c(C)ccc6[nH]ncc56)c(Cl)c4n(-c4c(C(C)C)ncnc4C(C)C)c3=O)N2CC1C.C=CC(=O)N1CC2CCOc3c(c4cc(F)c(-c5c(C)ccc6[nH]ncc56)c(Cl)c4n(-c4c(C(C)C)ncnc4C(C)C)c3=O)N2CC1C.C=CC(=O)N1CC2CCc3c(c4cc(F)c(-c5c(C)ccc6[nH]ncc56)c(Cl)c4n(-c4c(C(C)C)ncnc4C(C)C)c3=O)N2CC1C. The first-order valence-electron chi connectivity index (χ1n) is 49.8. The molecule has 0 bridgehead atoms. The van der Waals surface area contributed by atoms with Crippen LogP contribution < -0.4 is 41.0 Å². The van der Waals surface area contributed by atoms with Gasteiger partial charge in [0.2, 0.25) is 23.5 Å². The topological polar surface area (TPSA) is 330 Å². The number of nitrogens with zero attached hydrogens (tertiary/aromatic N) is 19. The number of fused-ring (bicyclic) bond motifs is 18. The molecule has 0 radical (unpaired) electrons. The van der Waals surface area contributed by atoms with Gasteiger partial charge in [-0.2, -0.15) is 15.3 Å². The zero-order chi connectivity index (χ0) is 105. The number of hydrogen-bond acceptors (Lipinski definition) is 20. The molecule has 30 nitrogen and oxygen atoms in total. The molecule has 3 N–H and O–H groups in total. The lowest BCUT2D eigenvalue weighted by Gasteiger charge is -2.50. The number of amides is 4. The summed E-state index contributed by atoms with van der Waals surface area (Å²) in [5.74, 6) is -3.01. The Morgan fingerprint density at radius 2 is 0.735 bits per heavy atom. The number of rotatable bonds is 15. The predicted octanol–water partition coefficient (Wildman–Crippen LogP) is 20.5. The average molecular weight is 2050 g/mol. The first-order chi connectivity index (χ1) is 70.2. The maximum atomic E-state index is 17.0. The van der Waals surface area contributed by atoms with Gasteiger partial charge < -0.3 is 39.0 Å². The minimum absolute atomic E-state index is 0.0228. The van der Waals surface area contributed by atoms with Crippen molar-refractivity contribution in [3.63, 3.8) is 0 Å². The molecule has 6 aromatic carbocycles. The van der Waals surface area contributed by atoms with Crippen molar-refractivity contribution in [2.24, 2.45) is 0 Å². The van der Waals surface area contributed by atoms with E-state index in [4.69, 9.17) is 39.5 Å². The Balaban J connectivity index is 0.000000139. The summed E-state index contributed by atoms with van der Waals surface area (Å²) in [6, 6.07) is 14.0. The fourth-order valence-corrected chi connectivity index (χ4v) is 24.0. The largest absolute Gasteiger partial charge is 0.486 e. The van der Waals surface area contributed by atoms with Gasteiger partial charge in [-0.15, -0.1) is 0 Å². The molecule has 6 aliphatic heterocycles. The maximum absolute atomic E-state index is 17.0. The summed E-state index contributed by atoms with van der Waals surface area (Å²) in [7, 11) is 1.54. The maximum Gasteiger partial charge on any atom is 0.300 e. The van der Waals surface area contributed by atoms with E-state index in [-0.39, 0.29) is 163 Å². The number of likely N-dealkylation sites (N-methyl/N-ethyl adjacent to an activating group) is 1. The Labute approximate surface area is 861 Å². The van der Waals surface area contributed by atoms with E-state index < -0.39 is 34.6 Å². The van der Waals surface area contributed by atoms with E-state index in [0.29, 0.717) is 179 Å². The van der Waals surface area contributed by atoms with Gasteiger partial charge in [-0.3, -0.25) is 62.6 Å². The van der Waals surface area contributed by atoms with Gasteiger partial charge in [-0.1, -0.05) is 156 Å². The summed E-state index contributed by atoms with van der Waals surface area (Å²) < 4.78 is 61.9. The molecule has 760 valence electrons. The molecule has 0 spiro atoms. The van der Waals surface area contributed by atoms with Crippen LogP contribution in [0.3, 0.4) is 0 Å². The molecule has 15 aromatic rings. The Hall–Kier alpha value is -14.4. The molecule has 3 saturated heterocycles. The second-order valence-corrected chi connectivity index (χ2v) is 42.2. The van der Waals surface area contributed by atoms with Crippen molar-refractivity contribution in [1.29, 1.82) is 0 Å². The first-order valence-corrected chi connectivity index (χ1v) is 50.9. The van der Waals surface area contributed by atoms with Crippen molar-refractivity contribution in [3.05, 3.63) is 250 Å². The second kappa shape index (κ2) is 39.1. The second-order valence-electron chi connectivity index (χ2n) is 41.1. The number of nitrogens with one attached hydrogen (secondary N) is 3. The zero-order valence-electron chi connectivity index (χ0n) is 85.5. The van der Waals surface area contributed by atoms with Gasteiger partial charge in [0, 0.05) is 142 Å². The van der Waals surface area contributed by atoms with Gasteiger partial charge in [0.1, 0.15) is 48.2 Å². The number of piperazine rings is 3. The number of ether oxygens (including phenoxy) is 1. The number of hydrogen-bond donors (Lipinski definition) is 3. The van der Waals surface area contributed by atoms with Crippen molar-refractivity contribution in [2.75, 3.05) is 72.5 Å². The van der Waals surface area contributed by atoms with Crippen LogP contribution in [0, 0.1) is 38.2 Å². The number of H-pyrrole nitrogens is 3. The van der Waals surface area contributed by atoms with Gasteiger partial charge in [0.05, 0.1) is 154 Å². The van der Waals surface area contributed by atoms with Crippen LogP contribution in [0.2, 0.25) is 15.1 Å². The average Bonchev–Trinajstić information content (AvgIpc) is 1.36. The quantitative estimate of drug-likeness (QED) is 0.0803. The van der Waals surface area contributed by atoms with Crippen LogP contribution in [0.25, 0.3) is 116 Å². The number of carbonyl (C=O) groups is 4. The molecule has 6 atom stereocenters. The third-order valence-electron chi connectivity index (χ3n) is 29.9. The number of anilines is 4. The molecule has 3 fully saturated rings. The fourth-order valence-electron chi connectivity index (χ4n) is 22.9. The molecule has 21 rings (SSSR count). The number of aromatic amines is 3. The van der Waals surface area contributed by atoms with Crippen LogP contribution in [0.1, 0.15) is 209 Å². The monoisotopic (exact) mass is 2050 g/mol. The number of aryl methyl sites for hydroxylation is 3. The molecule has 15 heterocycles. The van der Waals surface area contributed by atoms with Crippen LogP contribution in [-0.4, -0.2) is 202 Å². The van der Waals surface area contributed by atoms with Gasteiger partial charge in [-0.25, -0.2) is 43.1 Å². The van der Waals surface area contributed by atoms with Crippen molar-refractivity contribution < 1.29 is 37.1 Å². The van der Waals surface area contributed by atoms with E-state index in [2.05, 4.69) is 90.0 Å². The lowest BCUT2D eigenvalue weighted by molar-refractivity contribution is -0.131. The van der Waals surface area contributed by atoms with Crippen LogP contribution in [0.15, 0.2) is 145 Å². The Morgan fingerprint density at radius 3 is 1.10 bits per heavy atom. The van der Waals surface area contributed by atoms with E-state index in [1.54, 1.807) is 43.9 Å². The minimum atomic E-state index is -0.827. The van der Waals surface area contributed by atoms with Gasteiger partial charge in [0.15, 0.2) is 0 Å². The smallest absolute Gasteiger partial charge is 0.300 e. The molecule has 6 unspecified atom stereocenters. The molecular formula is C111H116Cl3F3N22O8. The van der Waals surface area contributed by atoms with E-state index in [9.17, 15) is 19.2 Å². The Morgan fingerprint density at radius 1 is 0.408 bits per heavy atom. The lowest BCUT2D eigenvalue weighted by Crippen LogP contribution is -2.66. The summed E-state index contributed by atoms with van der Waals surface area (Å²) in [6.45, 7) is 48.9. The van der Waals surface area contributed by atoms with Gasteiger partial charge >= 0.3 is 0 Å². The van der Waals surface area contributed by atoms with Crippen LogP contribution >= 0.6 is 34.8 Å². The molecule has 147 heavy (non-hydrogen) atoms. The molecule has 0 saturated carbocycles. The van der Waals surface area contributed by atoms with Crippen molar-refractivity contribution >= 4 is 147 Å². The third kappa shape index (κ3) is 16.5. The van der Waals surface area contributed by atoms with Crippen LogP contribution in [-0.2, 0) is 25.6 Å². The normalized spacial score (nSPS) is 17.7. The summed E-state index contributed by atoms with van der Waals surface area (Å²) in [5, 5.41) is 25.2. The highest BCUT2D eigenvalue weighted by Crippen LogP contribution is 2.54. The van der Waals surface area contributed by atoms with Crippen molar-refractivity contribution in [2.45, 2.75) is 216 Å². The van der Waals surface area contributed by atoms with E-state index >= 15 is 27.6 Å². The summed E-state index contributed by atoms with van der Waals surface area (Å²) >= 11 is 22.4. The van der Waals surface area contributed by atoms with Gasteiger partial charge in [0.25, 0.3) is 22.6 Å². The highest BCUT2D eigenvalue weighted by Gasteiger charge is 2.49. The summed E-state index contributed by atoms with van der Waals surface area (Å²) in [6.07, 6.45) is 15.1. The summed E-state index contributed by atoms with van der Waals surface area (Å²) in [4.78, 5) is 139. The fraction of sp³-hybridized carbons (Fsp3) is 0.369. The Kier molecular flexibility index (Phi) is 26.9. The van der Waals surface area contributed by atoms with E-state index in [1.807, 2.05) is 171 Å². The Bertz CT molecular complexity index is 8180. The molecule has 0 aliphatic carbocycles. The van der Waals surface area contributed by atoms with Crippen molar-refractivity contribution in [3.8, 4) is 56.2 Å². The van der Waals surface area contributed by atoms with E-state index in [0.717, 1.165) is 33.1 Å².